The Balaban J connectivity index is 2.19. The van der Waals surface area contributed by atoms with Crippen LogP contribution in [0.1, 0.15) is 39.5 Å². The first-order valence-electron chi connectivity index (χ1n) is 5.34. The minimum Gasteiger partial charge on any atom is -0.363 e. The van der Waals surface area contributed by atoms with Crippen molar-refractivity contribution in [3.05, 3.63) is 0 Å². The lowest BCUT2D eigenvalue weighted by Gasteiger charge is -2.23. The molecule has 13 heavy (non-hydrogen) atoms. The number of unbranched alkanes of at least 4 members (excludes halogenated alkanes) is 1. The van der Waals surface area contributed by atoms with Crippen molar-refractivity contribution >= 4 is 17.3 Å². The molecule has 3 heteroatoms. The summed E-state index contributed by atoms with van der Waals surface area (Å²) in [6, 6.07) is 0.742. The van der Waals surface area contributed by atoms with Crippen molar-refractivity contribution in [2.75, 3.05) is 13.1 Å². The van der Waals surface area contributed by atoms with Gasteiger partial charge in [-0.15, -0.1) is 0 Å². The van der Waals surface area contributed by atoms with Gasteiger partial charge in [0.05, 0.1) is 0 Å². The van der Waals surface area contributed by atoms with Crippen molar-refractivity contribution in [2.45, 2.75) is 45.6 Å². The van der Waals surface area contributed by atoms with E-state index in [0.29, 0.717) is 0 Å². The quantitative estimate of drug-likeness (QED) is 0.541. The standard InChI is InChI=1S/C10H20N2S/c1-3-5-8-11-10(13)12(4-2)9-6-7-9/h9H,3-8H2,1-2H3,(H,11,13). The first-order chi connectivity index (χ1) is 6.29. The summed E-state index contributed by atoms with van der Waals surface area (Å²) in [5.41, 5.74) is 0. The van der Waals surface area contributed by atoms with Crippen molar-refractivity contribution < 1.29 is 0 Å². The van der Waals surface area contributed by atoms with Gasteiger partial charge in [-0.05, 0) is 38.4 Å². The van der Waals surface area contributed by atoms with E-state index in [1.54, 1.807) is 0 Å². The average molecular weight is 200 g/mol. The number of hydrogen-bond donors (Lipinski definition) is 1. The molecule has 76 valence electrons. The van der Waals surface area contributed by atoms with Crippen molar-refractivity contribution in [2.24, 2.45) is 0 Å². The van der Waals surface area contributed by atoms with Gasteiger partial charge in [0.15, 0.2) is 5.11 Å². The maximum Gasteiger partial charge on any atom is 0.169 e. The molecule has 2 nitrogen and oxygen atoms in total. The molecule has 0 bridgehead atoms. The van der Waals surface area contributed by atoms with Crippen molar-refractivity contribution in [3.63, 3.8) is 0 Å². The second-order valence-electron chi connectivity index (χ2n) is 3.60. The minimum atomic E-state index is 0.742. The van der Waals surface area contributed by atoms with E-state index in [2.05, 4.69) is 24.1 Å². The van der Waals surface area contributed by atoms with Gasteiger partial charge in [-0.3, -0.25) is 0 Å². The molecule has 1 fully saturated rings. The van der Waals surface area contributed by atoms with E-state index >= 15 is 0 Å². The van der Waals surface area contributed by atoms with E-state index in [1.807, 2.05) is 0 Å². The first-order valence-corrected chi connectivity index (χ1v) is 5.74. The highest BCUT2D eigenvalue weighted by Crippen LogP contribution is 2.26. The number of hydrogen-bond acceptors (Lipinski definition) is 1. The third kappa shape index (κ3) is 3.51. The lowest BCUT2D eigenvalue weighted by molar-refractivity contribution is 0.423. The molecule has 0 aromatic heterocycles. The summed E-state index contributed by atoms with van der Waals surface area (Å²) in [7, 11) is 0. The van der Waals surface area contributed by atoms with Gasteiger partial charge in [-0.1, -0.05) is 13.3 Å². The fourth-order valence-electron chi connectivity index (χ4n) is 1.43. The highest BCUT2D eigenvalue weighted by Gasteiger charge is 2.29. The van der Waals surface area contributed by atoms with Gasteiger partial charge in [-0.2, -0.15) is 0 Å². The van der Waals surface area contributed by atoms with Gasteiger partial charge < -0.3 is 10.2 Å². The van der Waals surface area contributed by atoms with Crippen LogP contribution < -0.4 is 5.32 Å². The highest BCUT2D eigenvalue weighted by atomic mass is 32.1. The van der Waals surface area contributed by atoms with Gasteiger partial charge in [0.1, 0.15) is 0 Å². The Morgan fingerprint density at radius 3 is 2.62 bits per heavy atom. The summed E-state index contributed by atoms with van der Waals surface area (Å²) < 4.78 is 0. The number of nitrogens with one attached hydrogen (secondary N) is 1. The molecule has 0 spiro atoms. The Bertz CT molecular complexity index is 166. The fraction of sp³-hybridized carbons (Fsp3) is 0.900. The Kier molecular flexibility index (Phi) is 4.50. The van der Waals surface area contributed by atoms with Crippen LogP contribution in [0.3, 0.4) is 0 Å². The second kappa shape index (κ2) is 5.43. The van der Waals surface area contributed by atoms with Gasteiger partial charge in [0, 0.05) is 19.1 Å². The van der Waals surface area contributed by atoms with Crippen LogP contribution in [0.25, 0.3) is 0 Å². The fourth-order valence-corrected chi connectivity index (χ4v) is 1.81. The molecule has 0 aliphatic heterocycles. The molecule has 0 radical (unpaired) electrons. The normalized spacial score (nSPS) is 15.5. The van der Waals surface area contributed by atoms with Crippen LogP contribution in [0, 0.1) is 0 Å². The zero-order valence-electron chi connectivity index (χ0n) is 8.68. The van der Waals surface area contributed by atoms with E-state index in [1.165, 1.54) is 25.7 Å². The Labute approximate surface area is 86.7 Å². The van der Waals surface area contributed by atoms with E-state index in [0.717, 1.165) is 24.2 Å². The molecular weight excluding hydrogens is 180 g/mol. The molecular formula is C10H20N2S. The van der Waals surface area contributed by atoms with E-state index < -0.39 is 0 Å². The molecule has 0 amide bonds. The molecule has 0 atom stereocenters. The van der Waals surface area contributed by atoms with Crippen molar-refractivity contribution in [1.29, 1.82) is 0 Å². The van der Waals surface area contributed by atoms with Crippen LogP contribution in [0.4, 0.5) is 0 Å². The third-order valence-corrected chi connectivity index (χ3v) is 2.77. The van der Waals surface area contributed by atoms with Crippen LogP contribution >= 0.6 is 12.2 Å². The summed E-state index contributed by atoms with van der Waals surface area (Å²) >= 11 is 5.32. The molecule has 1 rings (SSSR count). The summed E-state index contributed by atoms with van der Waals surface area (Å²) in [5, 5.41) is 4.27. The van der Waals surface area contributed by atoms with E-state index in [4.69, 9.17) is 12.2 Å². The lowest BCUT2D eigenvalue weighted by atomic mass is 10.3. The highest BCUT2D eigenvalue weighted by molar-refractivity contribution is 7.80. The minimum absolute atomic E-state index is 0.742. The van der Waals surface area contributed by atoms with E-state index in [-0.39, 0.29) is 0 Å². The second-order valence-corrected chi connectivity index (χ2v) is 3.99. The Morgan fingerprint density at radius 1 is 1.46 bits per heavy atom. The van der Waals surface area contributed by atoms with Crippen LogP contribution in [0.2, 0.25) is 0 Å². The average Bonchev–Trinajstić information content (AvgIpc) is 2.90. The van der Waals surface area contributed by atoms with Crippen LogP contribution in [-0.2, 0) is 0 Å². The molecule has 1 N–H and O–H groups in total. The molecule has 0 unspecified atom stereocenters. The number of thiocarbonyl (C=S) groups is 1. The lowest BCUT2D eigenvalue weighted by Crippen LogP contribution is -2.41. The molecule has 1 aliphatic carbocycles. The smallest absolute Gasteiger partial charge is 0.169 e. The molecule has 1 saturated carbocycles. The zero-order valence-corrected chi connectivity index (χ0v) is 9.49. The summed E-state index contributed by atoms with van der Waals surface area (Å²) in [6.45, 7) is 6.44. The van der Waals surface area contributed by atoms with Crippen LogP contribution in [0.5, 0.6) is 0 Å². The molecule has 0 heterocycles. The first kappa shape index (κ1) is 10.8. The molecule has 0 aromatic carbocycles. The molecule has 0 aromatic rings. The zero-order chi connectivity index (χ0) is 9.68. The summed E-state index contributed by atoms with van der Waals surface area (Å²) in [5.74, 6) is 0. The van der Waals surface area contributed by atoms with Gasteiger partial charge in [-0.25, -0.2) is 0 Å². The van der Waals surface area contributed by atoms with Crippen LogP contribution in [0.15, 0.2) is 0 Å². The Morgan fingerprint density at radius 2 is 2.15 bits per heavy atom. The summed E-state index contributed by atoms with van der Waals surface area (Å²) in [6.07, 6.45) is 5.08. The van der Waals surface area contributed by atoms with Gasteiger partial charge in [0.2, 0.25) is 0 Å². The monoisotopic (exact) mass is 200 g/mol. The third-order valence-electron chi connectivity index (χ3n) is 2.40. The van der Waals surface area contributed by atoms with Gasteiger partial charge in [0.25, 0.3) is 0 Å². The Hall–Kier alpha value is -0.310. The van der Waals surface area contributed by atoms with Crippen molar-refractivity contribution in [3.8, 4) is 0 Å². The largest absolute Gasteiger partial charge is 0.363 e. The predicted octanol–water partition coefficient (Wildman–Crippen LogP) is 2.15. The van der Waals surface area contributed by atoms with E-state index in [9.17, 15) is 0 Å². The summed E-state index contributed by atoms with van der Waals surface area (Å²) in [4.78, 5) is 2.31. The maximum absolute atomic E-state index is 5.32. The molecule has 0 saturated heterocycles. The van der Waals surface area contributed by atoms with Crippen LogP contribution in [-0.4, -0.2) is 29.1 Å². The maximum atomic E-state index is 5.32. The number of rotatable bonds is 5. The van der Waals surface area contributed by atoms with Gasteiger partial charge >= 0.3 is 0 Å². The predicted molar refractivity (Wildman–Crippen MR) is 60.9 cm³/mol. The van der Waals surface area contributed by atoms with Crippen molar-refractivity contribution in [1.82, 2.24) is 10.2 Å². The number of nitrogens with zero attached hydrogens (tertiary/aromatic N) is 1. The molecule has 1 aliphatic rings. The SMILES string of the molecule is CCCCNC(=S)N(CC)C1CC1. The topological polar surface area (TPSA) is 15.3 Å².